The van der Waals surface area contributed by atoms with Crippen molar-refractivity contribution in [1.82, 2.24) is 14.7 Å². The first kappa shape index (κ1) is 19.1. The van der Waals surface area contributed by atoms with Crippen LogP contribution >= 0.6 is 0 Å². The number of benzene rings is 1. The lowest BCUT2D eigenvalue weighted by Crippen LogP contribution is -2.40. The Balaban J connectivity index is 1.82. The van der Waals surface area contributed by atoms with Gasteiger partial charge in [-0.1, -0.05) is 0 Å². The van der Waals surface area contributed by atoms with Gasteiger partial charge in [0, 0.05) is 18.2 Å². The Kier molecular flexibility index (Phi) is 5.05. The van der Waals surface area contributed by atoms with Crippen LogP contribution in [0.4, 0.5) is 0 Å². The van der Waals surface area contributed by atoms with Crippen LogP contribution < -0.4 is 0 Å². The minimum absolute atomic E-state index is 0.00904. The van der Waals surface area contributed by atoms with Crippen LogP contribution in [0.1, 0.15) is 39.8 Å². The molecule has 1 aromatic carbocycles. The molecular formula is C18H21N3O5S. The zero-order valence-electron chi connectivity index (χ0n) is 15.1. The van der Waals surface area contributed by atoms with E-state index in [-0.39, 0.29) is 29.0 Å². The fourth-order valence-electron chi connectivity index (χ4n) is 3.38. The standard InChI is InChI=1S/C18H21N3O5S/c1-3-20(15-8-9-27(25,26)11-15)17(22)13-4-6-14(7-5-13)21-12(2)16(10-19-21)18(23)24/h4-7,10,15H,3,8-9,11H2,1-2H3,(H,23,24)/t15-/m1/s1. The van der Waals surface area contributed by atoms with E-state index >= 15 is 0 Å². The summed E-state index contributed by atoms with van der Waals surface area (Å²) in [6.07, 6.45) is 1.75. The van der Waals surface area contributed by atoms with Crippen molar-refractivity contribution in [2.24, 2.45) is 0 Å². The number of aromatic nitrogens is 2. The zero-order valence-corrected chi connectivity index (χ0v) is 15.9. The van der Waals surface area contributed by atoms with E-state index in [9.17, 15) is 18.0 Å². The molecule has 8 nitrogen and oxygen atoms in total. The highest BCUT2D eigenvalue weighted by atomic mass is 32.2. The Labute approximate surface area is 157 Å². The Morgan fingerprint density at radius 3 is 2.44 bits per heavy atom. The first-order chi connectivity index (χ1) is 12.7. The Hall–Kier alpha value is -2.68. The third-order valence-corrected chi connectivity index (χ3v) is 6.60. The number of nitrogens with zero attached hydrogens (tertiary/aromatic N) is 3. The van der Waals surface area contributed by atoms with E-state index in [4.69, 9.17) is 5.11 Å². The molecule has 0 saturated carbocycles. The van der Waals surface area contributed by atoms with Gasteiger partial charge in [0.25, 0.3) is 5.91 Å². The molecule has 3 rings (SSSR count). The largest absolute Gasteiger partial charge is 0.478 e. The summed E-state index contributed by atoms with van der Waals surface area (Å²) < 4.78 is 24.9. The van der Waals surface area contributed by atoms with Crippen molar-refractivity contribution >= 4 is 21.7 Å². The van der Waals surface area contributed by atoms with Crippen molar-refractivity contribution in [3.63, 3.8) is 0 Å². The van der Waals surface area contributed by atoms with Crippen LogP contribution in [0, 0.1) is 6.92 Å². The summed E-state index contributed by atoms with van der Waals surface area (Å²) >= 11 is 0. The van der Waals surface area contributed by atoms with E-state index in [2.05, 4.69) is 5.10 Å². The number of sulfone groups is 1. The molecule has 1 fully saturated rings. The number of hydrogen-bond donors (Lipinski definition) is 1. The van der Waals surface area contributed by atoms with Crippen molar-refractivity contribution in [3.05, 3.63) is 47.3 Å². The first-order valence-corrected chi connectivity index (χ1v) is 10.5. The molecule has 0 spiro atoms. The third-order valence-electron chi connectivity index (χ3n) is 4.85. The van der Waals surface area contributed by atoms with Crippen molar-refractivity contribution in [3.8, 4) is 5.69 Å². The van der Waals surface area contributed by atoms with E-state index in [0.717, 1.165) is 0 Å². The number of amides is 1. The molecular weight excluding hydrogens is 370 g/mol. The summed E-state index contributed by atoms with van der Waals surface area (Å²) in [5.41, 5.74) is 1.71. The number of carbonyl (C=O) groups excluding carboxylic acids is 1. The molecule has 0 aliphatic carbocycles. The van der Waals surface area contributed by atoms with Gasteiger partial charge in [0.05, 0.1) is 29.1 Å². The molecule has 2 aromatic rings. The van der Waals surface area contributed by atoms with Crippen LogP contribution in [-0.4, -0.2) is 64.2 Å². The van der Waals surface area contributed by atoms with Crippen molar-refractivity contribution < 1.29 is 23.1 Å². The second kappa shape index (κ2) is 7.15. The number of carbonyl (C=O) groups is 2. The molecule has 1 amide bonds. The first-order valence-electron chi connectivity index (χ1n) is 8.63. The van der Waals surface area contributed by atoms with Crippen LogP contribution in [0.25, 0.3) is 5.69 Å². The molecule has 2 heterocycles. The normalized spacial score (nSPS) is 18.4. The van der Waals surface area contributed by atoms with Crippen LogP contribution in [0.3, 0.4) is 0 Å². The number of carboxylic acids is 1. The molecule has 1 aliphatic heterocycles. The lowest BCUT2D eigenvalue weighted by molar-refractivity contribution is 0.0691. The van der Waals surface area contributed by atoms with Crippen molar-refractivity contribution in [1.29, 1.82) is 0 Å². The van der Waals surface area contributed by atoms with E-state index in [1.165, 1.54) is 10.9 Å². The number of aromatic carboxylic acids is 1. The highest BCUT2D eigenvalue weighted by Gasteiger charge is 2.34. The Morgan fingerprint density at radius 2 is 1.96 bits per heavy atom. The average Bonchev–Trinajstić information content (AvgIpc) is 3.18. The predicted octanol–water partition coefficient (Wildman–Crippen LogP) is 1.53. The quantitative estimate of drug-likeness (QED) is 0.828. The van der Waals surface area contributed by atoms with Crippen LogP contribution in [0.5, 0.6) is 0 Å². The summed E-state index contributed by atoms with van der Waals surface area (Å²) in [6.45, 7) is 3.92. The van der Waals surface area contributed by atoms with E-state index in [1.807, 2.05) is 6.92 Å². The SMILES string of the molecule is CCN(C(=O)c1ccc(-n2ncc(C(=O)O)c2C)cc1)[C@@H]1CCS(=O)(=O)C1. The number of rotatable bonds is 5. The van der Waals surface area contributed by atoms with Gasteiger partial charge in [0.1, 0.15) is 5.56 Å². The maximum atomic E-state index is 12.8. The molecule has 27 heavy (non-hydrogen) atoms. The smallest absolute Gasteiger partial charge is 0.339 e. The van der Waals surface area contributed by atoms with E-state index < -0.39 is 15.8 Å². The monoisotopic (exact) mass is 391 g/mol. The van der Waals surface area contributed by atoms with Gasteiger partial charge in [0.2, 0.25) is 0 Å². The van der Waals surface area contributed by atoms with Gasteiger partial charge < -0.3 is 10.0 Å². The van der Waals surface area contributed by atoms with E-state index in [1.54, 1.807) is 36.1 Å². The van der Waals surface area contributed by atoms with Crippen LogP contribution in [0.2, 0.25) is 0 Å². The lowest BCUT2D eigenvalue weighted by atomic mass is 10.1. The summed E-state index contributed by atoms with van der Waals surface area (Å²) in [5, 5.41) is 13.2. The third kappa shape index (κ3) is 3.73. The summed E-state index contributed by atoms with van der Waals surface area (Å²) in [7, 11) is -3.07. The molecule has 9 heteroatoms. The highest BCUT2D eigenvalue weighted by molar-refractivity contribution is 7.91. The van der Waals surface area contributed by atoms with Gasteiger partial charge in [-0.3, -0.25) is 4.79 Å². The molecule has 1 aliphatic rings. The van der Waals surface area contributed by atoms with Gasteiger partial charge in [-0.2, -0.15) is 5.10 Å². The Morgan fingerprint density at radius 1 is 1.30 bits per heavy atom. The summed E-state index contributed by atoms with van der Waals surface area (Å²) in [5.74, 6) is -1.13. The van der Waals surface area contributed by atoms with E-state index in [0.29, 0.717) is 29.9 Å². The van der Waals surface area contributed by atoms with Crippen LogP contribution in [0.15, 0.2) is 30.5 Å². The van der Waals surface area contributed by atoms with Gasteiger partial charge >= 0.3 is 5.97 Å². The van der Waals surface area contributed by atoms with Crippen molar-refractivity contribution in [2.45, 2.75) is 26.3 Å². The topological polar surface area (TPSA) is 110 Å². The fourth-order valence-corrected chi connectivity index (χ4v) is 5.11. The highest BCUT2D eigenvalue weighted by Crippen LogP contribution is 2.21. The maximum absolute atomic E-state index is 12.8. The number of hydrogen-bond acceptors (Lipinski definition) is 5. The van der Waals surface area contributed by atoms with Gasteiger partial charge in [0.15, 0.2) is 9.84 Å². The second-order valence-electron chi connectivity index (χ2n) is 6.56. The number of carboxylic acid groups (broad SMARTS) is 1. The summed E-state index contributed by atoms with van der Waals surface area (Å²) in [4.78, 5) is 25.6. The predicted molar refractivity (Wildman–Crippen MR) is 99.0 cm³/mol. The molecule has 1 atom stereocenters. The molecule has 144 valence electrons. The summed E-state index contributed by atoms with van der Waals surface area (Å²) in [6, 6.07) is 6.38. The zero-order chi connectivity index (χ0) is 19.8. The van der Waals surface area contributed by atoms with Gasteiger partial charge in [-0.05, 0) is 44.5 Å². The molecule has 0 radical (unpaired) electrons. The lowest BCUT2D eigenvalue weighted by Gasteiger charge is -2.27. The molecule has 0 bridgehead atoms. The maximum Gasteiger partial charge on any atom is 0.339 e. The minimum atomic E-state index is -3.07. The minimum Gasteiger partial charge on any atom is -0.478 e. The van der Waals surface area contributed by atoms with Gasteiger partial charge in [-0.25, -0.2) is 17.9 Å². The average molecular weight is 391 g/mol. The van der Waals surface area contributed by atoms with Crippen molar-refractivity contribution in [2.75, 3.05) is 18.1 Å². The molecule has 1 saturated heterocycles. The fraction of sp³-hybridized carbons (Fsp3) is 0.389. The van der Waals surface area contributed by atoms with Gasteiger partial charge in [-0.15, -0.1) is 0 Å². The van der Waals surface area contributed by atoms with Crippen LogP contribution in [-0.2, 0) is 9.84 Å². The molecule has 0 unspecified atom stereocenters. The Bertz CT molecular complexity index is 979. The molecule has 1 N–H and O–H groups in total. The molecule has 1 aromatic heterocycles. The second-order valence-corrected chi connectivity index (χ2v) is 8.78.